The molecule has 0 heterocycles. The number of amides is 2. The standard InChI is InChI=1S/C11H13N3O/c1-8(7-10(12)14-11(13)15)9-5-3-2-4-6-9/h2-7H,1H3,(H4,12,13,14,15). The third kappa shape index (κ3) is 3.64. The van der Waals surface area contributed by atoms with Crippen molar-refractivity contribution >= 4 is 17.4 Å². The molecule has 0 aliphatic heterocycles. The number of rotatable bonds is 2. The van der Waals surface area contributed by atoms with E-state index in [-0.39, 0.29) is 5.84 Å². The van der Waals surface area contributed by atoms with Gasteiger partial charge in [-0.15, -0.1) is 0 Å². The maximum absolute atomic E-state index is 10.5. The number of nitrogens with zero attached hydrogens (tertiary/aromatic N) is 1. The van der Waals surface area contributed by atoms with Crippen molar-refractivity contribution in [3.63, 3.8) is 0 Å². The zero-order chi connectivity index (χ0) is 11.3. The molecule has 4 nitrogen and oxygen atoms in total. The van der Waals surface area contributed by atoms with E-state index >= 15 is 0 Å². The average molecular weight is 203 g/mol. The van der Waals surface area contributed by atoms with Gasteiger partial charge in [-0.3, -0.25) is 0 Å². The molecule has 0 fully saturated rings. The summed E-state index contributed by atoms with van der Waals surface area (Å²) in [7, 11) is 0. The molecule has 0 atom stereocenters. The zero-order valence-corrected chi connectivity index (χ0v) is 8.47. The summed E-state index contributed by atoms with van der Waals surface area (Å²) >= 11 is 0. The van der Waals surface area contributed by atoms with E-state index in [2.05, 4.69) is 4.99 Å². The summed E-state index contributed by atoms with van der Waals surface area (Å²) in [6.07, 6.45) is 1.61. The van der Waals surface area contributed by atoms with Crippen LogP contribution >= 0.6 is 0 Å². The molecule has 0 bridgehead atoms. The van der Waals surface area contributed by atoms with Gasteiger partial charge in [-0.2, -0.15) is 4.99 Å². The van der Waals surface area contributed by atoms with E-state index in [0.717, 1.165) is 11.1 Å². The smallest absolute Gasteiger partial charge is 0.340 e. The van der Waals surface area contributed by atoms with E-state index in [1.54, 1.807) is 6.08 Å². The number of urea groups is 1. The maximum Gasteiger partial charge on any atom is 0.340 e. The predicted molar refractivity (Wildman–Crippen MR) is 61.3 cm³/mol. The molecule has 2 amide bonds. The van der Waals surface area contributed by atoms with E-state index in [9.17, 15) is 4.79 Å². The summed E-state index contributed by atoms with van der Waals surface area (Å²) in [4.78, 5) is 13.9. The Labute approximate surface area is 88.3 Å². The molecule has 1 aromatic carbocycles. The normalized spacial score (nSPS) is 12.6. The monoisotopic (exact) mass is 203 g/mol. The minimum absolute atomic E-state index is 0.115. The molecule has 0 unspecified atom stereocenters. The Morgan fingerprint density at radius 1 is 1.27 bits per heavy atom. The van der Waals surface area contributed by atoms with Crippen LogP contribution < -0.4 is 11.5 Å². The van der Waals surface area contributed by atoms with Gasteiger partial charge in [0.05, 0.1) is 0 Å². The average Bonchev–Trinajstić information content (AvgIpc) is 2.17. The first kappa shape index (κ1) is 11.0. The fourth-order valence-electron chi connectivity index (χ4n) is 1.17. The van der Waals surface area contributed by atoms with Gasteiger partial charge in [0.2, 0.25) is 0 Å². The van der Waals surface area contributed by atoms with Crippen molar-refractivity contribution in [3.05, 3.63) is 42.0 Å². The number of hydrogen-bond acceptors (Lipinski definition) is 1. The van der Waals surface area contributed by atoms with Crippen molar-refractivity contribution in [2.45, 2.75) is 6.92 Å². The Hall–Kier alpha value is -2.10. The Balaban J connectivity index is 2.90. The van der Waals surface area contributed by atoms with E-state index in [0.29, 0.717) is 0 Å². The molecule has 0 spiro atoms. The van der Waals surface area contributed by atoms with Crippen LogP contribution in [0.1, 0.15) is 12.5 Å². The van der Waals surface area contributed by atoms with Crippen LogP contribution in [0.2, 0.25) is 0 Å². The van der Waals surface area contributed by atoms with Gasteiger partial charge in [0.1, 0.15) is 5.84 Å². The number of allylic oxidation sites excluding steroid dienone is 1. The number of carbonyl (C=O) groups excluding carboxylic acids is 1. The number of aliphatic imine (C=N–C) groups is 1. The maximum atomic E-state index is 10.5. The van der Waals surface area contributed by atoms with Crippen molar-refractivity contribution in [2.75, 3.05) is 0 Å². The molecule has 0 saturated carbocycles. The lowest BCUT2D eigenvalue weighted by Crippen LogP contribution is -2.15. The molecular formula is C11H13N3O. The molecule has 4 N–H and O–H groups in total. The van der Waals surface area contributed by atoms with Gasteiger partial charge in [-0.05, 0) is 24.1 Å². The summed E-state index contributed by atoms with van der Waals surface area (Å²) in [5.41, 5.74) is 12.3. The molecule has 4 heteroatoms. The van der Waals surface area contributed by atoms with Gasteiger partial charge in [-0.1, -0.05) is 30.3 Å². The van der Waals surface area contributed by atoms with Gasteiger partial charge < -0.3 is 11.5 Å². The highest BCUT2D eigenvalue weighted by Gasteiger charge is 1.96. The number of carbonyl (C=O) groups is 1. The first-order valence-electron chi connectivity index (χ1n) is 4.47. The Kier molecular flexibility index (Phi) is 3.62. The molecule has 15 heavy (non-hydrogen) atoms. The fraction of sp³-hybridized carbons (Fsp3) is 0.0909. The van der Waals surface area contributed by atoms with Crippen molar-refractivity contribution < 1.29 is 4.79 Å². The molecule has 0 aliphatic carbocycles. The number of hydrogen-bond donors (Lipinski definition) is 2. The van der Waals surface area contributed by atoms with Crippen molar-refractivity contribution in [3.8, 4) is 0 Å². The van der Waals surface area contributed by atoms with Gasteiger partial charge in [-0.25, -0.2) is 4.79 Å². The van der Waals surface area contributed by atoms with Gasteiger partial charge in [0.25, 0.3) is 0 Å². The Bertz CT molecular complexity index is 407. The van der Waals surface area contributed by atoms with E-state index < -0.39 is 6.03 Å². The summed E-state index contributed by atoms with van der Waals surface area (Å²) in [5, 5.41) is 0. The summed E-state index contributed by atoms with van der Waals surface area (Å²) in [6, 6.07) is 8.89. The first-order valence-corrected chi connectivity index (χ1v) is 4.47. The second kappa shape index (κ2) is 4.95. The van der Waals surface area contributed by atoms with Crippen LogP contribution in [-0.2, 0) is 0 Å². The fourth-order valence-corrected chi connectivity index (χ4v) is 1.17. The molecule has 78 valence electrons. The van der Waals surface area contributed by atoms with Gasteiger partial charge in [0, 0.05) is 0 Å². The minimum atomic E-state index is -0.787. The third-order valence-corrected chi connectivity index (χ3v) is 1.83. The number of amidine groups is 1. The number of primary amides is 1. The third-order valence-electron chi connectivity index (χ3n) is 1.83. The lowest BCUT2D eigenvalue weighted by atomic mass is 10.1. The molecule has 1 rings (SSSR count). The van der Waals surface area contributed by atoms with E-state index in [4.69, 9.17) is 11.5 Å². The Morgan fingerprint density at radius 2 is 1.87 bits per heavy atom. The Morgan fingerprint density at radius 3 is 2.40 bits per heavy atom. The molecule has 0 saturated heterocycles. The molecule has 0 aromatic heterocycles. The highest BCUT2D eigenvalue weighted by Crippen LogP contribution is 2.11. The lowest BCUT2D eigenvalue weighted by Gasteiger charge is -2.00. The summed E-state index contributed by atoms with van der Waals surface area (Å²) in [6.45, 7) is 1.89. The largest absolute Gasteiger partial charge is 0.384 e. The highest BCUT2D eigenvalue weighted by molar-refractivity contribution is 6.03. The number of nitrogens with two attached hydrogens (primary N) is 2. The predicted octanol–water partition coefficient (Wildman–Crippen LogP) is 1.53. The van der Waals surface area contributed by atoms with Crippen LogP contribution in [0.15, 0.2) is 41.4 Å². The highest BCUT2D eigenvalue weighted by atomic mass is 16.2. The first-order chi connectivity index (χ1) is 7.09. The SMILES string of the molecule is CC(=CC(N)=NC(N)=O)c1ccccc1. The molecule has 0 aliphatic rings. The van der Waals surface area contributed by atoms with Gasteiger partial charge in [0.15, 0.2) is 0 Å². The van der Waals surface area contributed by atoms with Gasteiger partial charge >= 0.3 is 6.03 Å². The van der Waals surface area contributed by atoms with Crippen LogP contribution in [0, 0.1) is 0 Å². The van der Waals surface area contributed by atoms with Crippen LogP contribution in [-0.4, -0.2) is 11.9 Å². The minimum Gasteiger partial charge on any atom is -0.384 e. The molecule has 1 aromatic rings. The van der Waals surface area contributed by atoms with E-state index in [1.807, 2.05) is 37.3 Å². The van der Waals surface area contributed by atoms with Crippen LogP contribution in [0.25, 0.3) is 5.57 Å². The molecular weight excluding hydrogens is 190 g/mol. The topological polar surface area (TPSA) is 81.5 Å². The van der Waals surface area contributed by atoms with E-state index in [1.165, 1.54) is 0 Å². The van der Waals surface area contributed by atoms with Crippen molar-refractivity contribution in [1.29, 1.82) is 0 Å². The van der Waals surface area contributed by atoms with Crippen LogP contribution in [0.4, 0.5) is 4.79 Å². The van der Waals surface area contributed by atoms with Crippen LogP contribution in [0.5, 0.6) is 0 Å². The number of benzene rings is 1. The zero-order valence-electron chi connectivity index (χ0n) is 8.47. The van der Waals surface area contributed by atoms with Crippen LogP contribution in [0.3, 0.4) is 0 Å². The lowest BCUT2D eigenvalue weighted by molar-refractivity contribution is 0.256. The summed E-state index contributed by atoms with van der Waals surface area (Å²) < 4.78 is 0. The second-order valence-corrected chi connectivity index (χ2v) is 3.07. The van der Waals surface area contributed by atoms with Crippen molar-refractivity contribution in [2.24, 2.45) is 16.5 Å². The summed E-state index contributed by atoms with van der Waals surface area (Å²) in [5.74, 6) is 0.115. The molecule has 0 radical (unpaired) electrons. The van der Waals surface area contributed by atoms with Crippen molar-refractivity contribution in [1.82, 2.24) is 0 Å². The quantitative estimate of drug-likeness (QED) is 0.564. The second-order valence-electron chi connectivity index (χ2n) is 3.07.